The first kappa shape index (κ1) is 29.3. The second-order valence-electron chi connectivity index (χ2n) is 12.3. The molecule has 0 unspecified atom stereocenters. The van der Waals surface area contributed by atoms with Crippen LogP contribution in [0.15, 0.2) is 72.8 Å². The molecule has 8 nitrogen and oxygen atoms in total. The molecule has 2 heterocycles. The molecule has 1 aliphatic heterocycles. The van der Waals surface area contributed by atoms with Crippen LogP contribution in [-0.2, 0) is 20.7 Å². The third kappa shape index (κ3) is 5.49. The lowest BCUT2D eigenvalue weighted by Gasteiger charge is -2.32. The molecule has 6 rings (SSSR count). The molecule has 224 valence electrons. The van der Waals surface area contributed by atoms with Crippen molar-refractivity contribution < 1.29 is 19.2 Å². The number of hydrogen-bond acceptors (Lipinski definition) is 6. The molecule has 44 heavy (non-hydrogen) atoms. The van der Waals surface area contributed by atoms with Crippen molar-refractivity contribution in [3.63, 3.8) is 0 Å². The largest absolute Gasteiger partial charge is 0.368 e. The molecular weight excluding hydrogens is 552 g/mol. The van der Waals surface area contributed by atoms with Gasteiger partial charge in [-0.25, -0.2) is 4.79 Å². The Morgan fingerprint density at radius 2 is 1.59 bits per heavy atom. The highest BCUT2D eigenvalue weighted by atomic mass is 16.7. The van der Waals surface area contributed by atoms with Gasteiger partial charge in [0.25, 0.3) is 0 Å². The summed E-state index contributed by atoms with van der Waals surface area (Å²) in [4.78, 5) is 34.5. The van der Waals surface area contributed by atoms with Crippen molar-refractivity contribution in [2.24, 2.45) is 0 Å². The van der Waals surface area contributed by atoms with Crippen LogP contribution in [-0.4, -0.2) is 32.6 Å². The van der Waals surface area contributed by atoms with Crippen LogP contribution in [0.1, 0.15) is 61.1 Å². The number of aromatic nitrogens is 3. The number of nitrogens with zero attached hydrogens (tertiary/aromatic N) is 3. The zero-order valence-electron chi connectivity index (χ0n) is 25.9. The Bertz CT molecular complexity index is 1900. The number of rotatable bonds is 5. The number of nitrogens with one attached hydrogen (secondary N) is 1. The molecular formula is C36H36N4O4. The third-order valence-corrected chi connectivity index (χ3v) is 8.01. The quantitative estimate of drug-likeness (QED) is 0.220. The van der Waals surface area contributed by atoms with Crippen LogP contribution in [0.5, 0.6) is 0 Å². The van der Waals surface area contributed by atoms with E-state index in [4.69, 9.17) is 9.57 Å². The summed E-state index contributed by atoms with van der Waals surface area (Å²) in [5.74, 6) is -0.730. The number of benzene rings is 4. The minimum absolute atomic E-state index is 0.0813. The Morgan fingerprint density at radius 3 is 2.34 bits per heavy atom. The SMILES string of the molecule is Cc1ccc(-c2c(C)c3c(c(C)c2[C@H](OC(C)(C)C)C(=O)On2nnc4ccccc42)NC(=O)CCc2ccccc2-3)cc1. The number of amides is 1. The number of para-hydroxylation sites is 1. The number of carbonyl (C=O) groups is 2. The van der Waals surface area contributed by atoms with Gasteiger partial charge in [0.2, 0.25) is 5.91 Å². The van der Waals surface area contributed by atoms with Crippen LogP contribution in [0.25, 0.3) is 33.3 Å². The maximum atomic E-state index is 14.3. The van der Waals surface area contributed by atoms with Gasteiger partial charge in [-0.2, -0.15) is 0 Å². The van der Waals surface area contributed by atoms with Crippen molar-refractivity contribution in [1.82, 2.24) is 15.2 Å². The first-order valence-electron chi connectivity index (χ1n) is 14.8. The van der Waals surface area contributed by atoms with Crippen molar-refractivity contribution in [2.45, 2.75) is 66.1 Å². The van der Waals surface area contributed by atoms with E-state index < -0.39 is 17.7 Å². The monoisotopic (exact) mass is 588 g/mol. The predicted molar refractivity (Wildman–Crippen MR) is 171 cm³/mol. The Kier molecular flexibility index (Phi) is 7.55. The van der Waals surface area contributed by atoms with E-state index >= 15 is 0 Å². The summed E-state index contributed by atoms with van der Waals surface area (Å²) in [7, 11) is 0. The zero-order valence-corrected chi connectivity index (χ0v) is 25.9. The lowest BCUT2D eigenvalue weighted by atomic mass is 9.80. The van der Waals surface area contributed by atoms with E-state index in [1.165, 1.54) is 0 Å². The van der Waals surface area contributed by atoms with Crippen molar-refractivity contribution >= 4 is 28.6 Å². The smallest absolute Gasteiger partial charge is 0.356 e. The fourth-order valence-corrected chi connectivity index (χ4v) is 6.00. The molecule has 5 aromatic rings. The third-order valence-electron chi connectivity index (χ3n) is 8.01. The predicted octanol–water partition coefficient (Wildman–Crippen LogP) is 7.09. The van der Waals surface area contributed by atoms with E-state index in [2.05, 4.69) is 52.0 Å². The Hall–Kier alpha value is -4.82. The lowest BCUT2D eigenvalue weighted by molar-refractivity contribution is -0.169. The Labute approximate surface area is 257 Å². The van der Waals surface area contributed by atoms with Gasteiger partial charge < -0.3 is 14.9 Å². The fourth-order valence-electron chi connectivity index (χ4n) is 6.00. The van der Waals surface area contributed by atoms with Gasteiger partial charge in [-0.15, -0.1) is 5.10 Å². The highest BCUT2D eigenvalue weighted by Crippen LogP contribution is 2.48. The van der Waals surface area contributed by atoms with Gasteiger partial charge in [0.1, 0.15) is 11.0 Å². The summed E-state index contributed by atoms with van der Waals surface area (Å²) in [5, 5.41) is 11.4. The standard InChI is InChI=1S/C36H36N4O4/c1-21-15-17-25(18-16-21)30-22(2)31-26-12-8-7-11-24(26)19-20-29(41)37-33(31)23(3)32(30)34(43-36(4,5)6)35(42)44-40-28-14-10-9-13-27(28)38-39-40/h7-18,34H,19-20H2,1-6H3,(H,37,41)/t34-/m0/s1. The normalized spacial score (nSPS) is 13.8. The molecule has 1 N–H and O–H groups in total. The first-order chi connectivity index (χ1) is 21.0. The molecule has 1 atom stereocenters. The maximum Gasteiger partial charge on any atom is 0.368 e. The molecule has 8 heteroatoms. The van der Waals surface area contributed by atoms with Crippen LogP contribution in [0.4, 0.5) is 5.69 Å². The van der Waals surface area contributed by atoms with Gasteiger partial charge in [-0.3, -0.25) is 4.79 Å². The van der Waals surface area contributed by atoms with Crippen molar-refractivity contribution in [2.75, 3.05) is 5.32 Å². The minimum Gasteiger partial charge on any atom is -0.356 e. The maximum absolute atomic E-state index is 14.3. The summed E-state index contributed by atoms with van der Waals surface area (Å²) < 4.78 is 6.56. The summed E-state index contributed by atoms with van der Waals surface area (Å²) in [6.45, 7) is 11.7. The van der Waals surface area contributed by atoms with Crippen LogP contribution in [0.3, 0.4) is 0 Å². The summed E-state index contributed by atoms with van der Waals surface area (Å²) in [5.41, 5.74) is 9.43. The van der Waals surface area contributed by atoms with Gasteiger partial charge in [0.15, 0.2) is 6.10 Å². The lowest BCUT2D eigenvalue weighted by Crippen LogP contribution is -2.34. The highest BCUT2D eigenvalue weighted by molar-refractivity contribution is 6.03. The van der Waals surface area contributed by atoms with Crippen LogP contribution >= 0.6 is 0 Å². The molecule has 1 aliphatic rings. The zero-order chi connectivity index (χ0) is 31.2. The summed E-state index contributed by atoms with van der Waals surface area (Å²) in [6.07, 6.45) is -0.168. The van der Waals surface area contributed by atoms with Crippen LogP contribution in [0, 0.1) is 20.8 Å². The fraction of sp³-hybridized carbons (Fsp3) is 0.278. The number of fused-ring (bicyclic) bond motifs is 4. The Morgan fingerprint density at radius 1 is 0.886 bits per heavy atom. The van der Waals surface area contributed by atoms with E-state index in [0.29, 0.717) is 35.1 Å². The molecule has 0 fully saturated rings. The molecule has 1 aromatic heterocycles. The molecule has 0 saturated carbocycles. The van der Waals surface area contributed by atoms with E-state index in [0.717, 1.165) is 49.4 Å². The van der Waals surface area contributed by atoms with Gasteiger partial charge in [-0.05, 0) is 98.7 Å². The topological polar surface area (TPSA) is 95.3 Å². The summed E-state index contributed by atoms with van der Waals surface area (Å²) in [6, 6.07) is 23.7. The van der Waals surface area contributed by atoms with E-state index in [1.54, 1.807) is 12.1 Å². The molecule has 0 radical (unpaired) electrons. The highest BCUT2D eigenvalue weighted by Gasteiger charge is 2.37. The van der Waals surface area contributed by atoms with E-state index in [9.17, 15) is 9.59 Å². The van der Waals surface area contributed by atoms with Gasteiger partial charge in [0.05, 0.1) is 11.3 Å². The van der Waals surface area contributed by atoms with Crippen LogP contribution < -0.4 is 10.2 Å². The average Bonchev–Trinajstić information content (AvgIpc) is 3.39. The number of aryl methyl sites for hydroxylation is 2. The molecule has 0 spiro atoms. The molecule has 0 saturated heterocycles. The number of hydrogen-bond donors (Lipinski definition) is 1. The number of anilines is 1. The molecule has 4 aromatic carbocycles. The first-order valence-corrected chi connectivity index (χ1v) is 14.8. The van der Waals surface area contributed by atoms with Crippen molar-refractivity contribution in [1.29, 1.82) is 0 Å². The van der Waals surface area contributed by atoms with Gasteiger partial charge in [-0.1, -0.05) is 71.1 Å². The van der Waals surface area contributed by atoms with Gasteiger partial charge in [0, 0.05) is 17.5 Å². The summed E-state index contributed by atoms with van der Waals surface area (Å²) >= 11 is 0. The van der Waals surface area contributed by atoms with Gasteiger partial charge >= 0.3 is 5.97 Å². The average molecular weight is 589 g/mol. The second-order valence-corrected chi connectivity index (χ2v) is 12.3. The van der Waals surface area contributed by atoms with Crippen molar-refractivity contribution in [3.05, 3.63) is 101 Å². The Balaban J connectivity index is 1.63. The molecule has 0 bridgehead atoms. The van der Waals surface area contributed by atoms with E-state index in [1.807, 2.05) is 65.8 Å². The second kappa shape index (κ2) is 11.4. The number of carbonyl (C=O) groups excluding carboxylic acids is 2. The molecule has 1 amide bonds. The van der Waals surface area contributed by atoms with Crippen LogP contribution in [0.2, 0.25) is 0 Å². The van der Waals surface area contributed by atoms with Crippen molar-refractivity contribution in [3.8, 4) is 22.3 Å². The molecule has 0 aliphatic carbocycles. The number of ether oxygens (including phenoxy) is 1. The minimum atomic E-state index is -1.16. The van der Waals surface area contributed by atoms with E-state index in [-0.39, 0.29) is 5.91 Å².